The van der Waals surface area contributed by atoms with E-state index < -0.39 is 34.9 Å². The van der Waals surface area contributed by atoms with Gasteiger partial charge >= 0.3 is 7.12 Å². The molecule has 0 bridgehead atoms. The Morgan fingerprint density at radius 2 is 1.78 bits per heavy atom. The van der Waals surface area contributed by atoms with Crippen molar-refractivity contribution in [2.45, 2.75) is 31.3 Å². The second-order valence-corrected chi connectivity index (χ2v) is 12.4. The van der Waals surface area contributed by atoms with E-state index in [-0.39, 0.29) is 36.1 Å². The monoisotopic (exact) mass is 580 g/mol. The molecular formula is C29H27BF2N2O6S. The average molecular weight is 580 g/mol. The molecular weight excluding hydrogens is 553 g/mol. The van der Waals surface area contributed by atoms with Gasteiger partial charge < -0.3 is 19.4 Å². The van der Waals surface area contributed by atoms with Gasteiger partial charge in [0, 0.05) is 30.6 Å². The van der Waals surface area contributed by atoms with Gasteiger partial charge in [-0.25, -0.2) is 17.2 Å². The van der Waals surface area contributed by atoms with Crippen molar-refractivity contribution in [3.8, 4) is 11.3 Å². The molecule has 3 aromatic carbocycles. The van der Waals surface area contributed by atoms with Crippen molar-refractivity contribution in [2.75, 3.05) is 24.2 Å². The maximum Gasteiger partial charge on any atom is 0.492 e. The van der Waals surface area contributed by atoms with Crippen molar-refractivity contribution in [1.82, 2.24) is 5.32 Å². The lowest BCUT2D eigenvalue weighted by molar-refractivity contribution is 0.0964. The van der Waals surface area contributed by atoms with Gasteiger partial charge in [-0.1, -0.05) is 6.07 Å². The van der Waals surface area contributed by atoms with Gasteiger partial charge in [0.25, 0.3) is 5.91 Å². The second kappa shape index (κ2) is 10.3. The van der Waals surface area contributed by atoms with Crippen molar-refractivity contribution in [2.24, 2.45) is 0 Å². The van der Waals surface area contributed by atoms with E-state index in [2.05, 4.69) is 5.32 Å². The standard InChI is InChI=1S/C29H27BF2N2O6S/c1-33-29(35)27-22-14-21(16-3-4-16)24(15-26(22)39-28(27)17-5-7-18(31)8-6-17)34(41(2,37)38)12-11-25-20-10-9-19(32)13-23(20)30(36)40-25/h5-10,13-16,25,36H,3-4,11-12H2,1-2H3,(H,33,35). The fourth-order valence-corrected chi connectivity index (χ4v) is 6.47. The summed E-state index contributed by atoms with van der Waals surface area (Å²) in [5.41, 5.74) is 3.23. The van der Waals surface area contributed by atoms with E-state index in [4.69, 9.17) is 9.07 Å². The molecule has 1 aliphatic carbocycles. The van der Waals surface area contributed by atoms with Gasteiger partial charge in [0.15, 0.2) is 0 Å². The Balaban J connectivity index is 1.43. The molecule has 0 saturated heterocycles. The van der Waals surface area contributed by atoms with Crippen LogP contribution in [-0.2, 0) is 14.7 Å². The number of amides is 1. The summed E-state index contributed by atoms with van der Waals surface area (Å²) in [6.07, 6.45) is 2.42. The number of carbonyl (C=O) groups excluding carboxylic acids is 1. The predicted octanol–water partition coefficient (Wildman–Crippen LogP) is 4.23. The molecule has 6 rings (SSSR count). The highest BCUT2D eigenvalue weighted by Crippen LogP contribution is 2.48. The third kappa shape index (κ3) is 5.11. The SMILES string of the molecule is CNC(=O)c1c(-c2ccc(F)cc2)oc2cc(N(CCC3OB(O)c4cc(F)ccc43)S(C)(=O)=O)c(C3CC3)cc12. The maximum atomic E-state index is 13.7. The van der Waals surface area contributed by atoms with Crippen LogP contribution in [0.2, 0.25) is 0 Å². The lowest BCUT2D eigenvalue weighted by Crippen LogP contribution is -2.32. The Bertz CT molecular complexity index is 1770. The summed E-state index contributed by atoms with van der Waals surface area (Å²) < 4.78 is 66.8. The number of benzene rings is 3. The van der Waals surface area contributed by atoms with Crippen molar-refractivity contribution >= 4 is 45.2 Å². The highest BCUT2D eigenvalue weighted by molar-refractivity contribution is 7.92. The molecule has 1 amide bonds. The molecule has 0 radical (unpaired) electrons. The fourth-order valence-electron chi connectivity index (χ4n) is 5.52. The Morgan fingerprint density at radius 3 is 2.44 bits per heavy atom. The molecule has 1 atom stereocenters. The van der Waals surface area contributed by atoms with E-state index in [0.717, 1.165) is 24.7 Å². The lowest BCUT2D eigenvalue weighted by Gasteiger charge is -2.26. The van der Waals surface area contributed by atoms with E-state index in [1.807, 2.05) is 6.07 Å². The molecule has 212 valence electrons. The molecule has 1 aliphatic heterocycles. The zero-order valence-corrected chi connectivity index (χ0v) is 23.2. The van der Waals surface area contributed by atoms with Crippen LogP contribution >= 0.6 is 0 Å². The quantitative estimate of drug-likeness (QED) is 0.302. The number of rotatable bonds is 8. The molecule has 8 nitrogen and oxygen atoms in total. The molecule has 4 aromatic rings. The number of carbonyl (C=O) groups is 1. The van der Waals surface area contributed by atoms with Gasteiger partial charge in [-0.05, 0) is 84.2 Å². The fraction of sp³-hybridized carbons (Fsp3) is 0.276. The van der Waals surface area contributed by atoms with Crippen LogP contribution in [0.1, 0.15) is 52.8 Å². The number of nitrogens with zero attached hydrogens (tertiary/aromatic N) is 1. The van der Waals surface area contributed by atoms with Crippen molar-refractivity contribution in [3.63, 3.8) is 0 Å². The first-order valence-corrected chi connectivity index (χ1v) is 15.1. The zero-order chi connectivity index (χ0) is 29.1. The van der Waals surface area contributed by atoms with Crippen molar-refractivity contribution < 1.29 is 36.1 Å². The second-order valence-electron chi connectivity index (χ2n) is 10.4. The first-order valence-electron chi connectivity index (χ1n) is 13.2. The van der Waals surface area contributed by atoms with Crippen molar-refractivity contribution in [3.05, 3.63) is 82.9 Å². The molecule has 2 aliphatic rings. The minimum absolute atomic E-state index is 0.0199. The lowest BCUT2D eigenvalue weighted by atomic mass is 9.79. The smallest absolute Gasteiger partial charge is 0.455 e. The van der Waals surface area contributed by atoms with Gasteiger partial charge in [-0.15, -0.1) is 0 Å². The number of nitrogens with one attached hydrogen (secondary N) is 1. The molecule has 41 heavy (non-hydrogen) atoms. The van der Waals surface area contributed by atoms with Gasteiger partial charge in [0.05, 0.1) is 23.6 Å². The minimum atomic E-state index is -3.79. The number of fused-ring (bicyclic) bond motifs is 2. The molecule has 12 heteroatoms. The molecule has 2 heterocycles. The van der Waals surface area contributed by atoms with E-state index in [9.17, 15) is 27.0 Å². The molecule has 2 N–H and O–H groups in total. The van der Waals surface area contributed by atoms with Gasteiger partial charge in [0.2, 0.25) is 10.0 Å². The van der Waals surface area contributed by atoms with Crippen LogP contribution in [0.15, 0.2) is 59.0 Å². The maximum absolute atomic E-state index is 13.7. The summed E-state index contributed by atoms with van der Waals surface area (Å²) in [5, 5.41) is 13.4. The molecule has 1 saturated carbocycles. The minimum Gasteiger partial charge on any atom is -0.455 e. The number of halogens is 2. The van der Waals surface area contributed by atoms with Crippen LogP contribution in [0.25, 0.3) is 22.3 Å². The van der Waals surface area contributed by atoms with Crippen LogP contribution in [0.5, 0.6) is 0 Å². The summed E-state index contributed by atoms with van der Waals surface area (Å²) >= 11 is 0. The third-order valence-electron chi connectivity index (χ3n) is 7.63. The van der Waals surface area contributed by atoms with E-state index >= 15 is 0 Å². The number of anilines is 1. The highest BCUT2D eigenvalue weighted by Gasteiger charge is 2.37. The number of sulfonamides is 1. The van der Waals surface area contributed by atoms with Crippen LogP contribution in [-0.4, -0.2) is 46.3 Å². The molecule has 0 spiro atoms. The topological polar surface area (TPSA) is 109 Å². The Kier molecular flexibility index (Phi) is 6.87. The van der Waals surface area contributed by atoms with E-state index in [1.54, 1.807) is 6.07 Å². The highest BCUT2D eigenvalue weighted by atomic mass is 32.2. The van der Waals surface area contributed by atoms with E-state index in [0.29, 0.717) is 33.2 Å². The molecule has 1 aromatic heterocycles. The summed E-state index contributed by atoms with van der Waals surface area (Å²) in [4.78, 5) is 13.0. The van der Waals surface area contributed by atoms with Crippen molar-refractivity contribution in [1.29, 1.82) is 0 Å². The summed E-state index contributed by atoms with van der Waals surface area (Å²) in [6.45, 7) is 0.0199. The van der Waals surface area contributed by atoms with Crippen LogP contribution in [0.4, 0.5) is 14.5 Å². The number of furan rings is 1. The first-order chi connectivity index (χ1) is 19.5. The van der Waals surface area contributed by atoms with Gasteiger partial charge in [-0.2, -0.15) is 0 Å². The number of hydrogen-bond donors (Lipinski definition) is 2. The summed E-state index contributed by atoms with van der Waals surface area (Å²) in [6, 6.07) is 13.1. The first kappa shape index (κ1) is 27.4. The normalized spacial score (nSPS) is 16.7. The Morgan fingerprint density at radius 1 is 1.07 bits per heavy atom. The third-order valence-corrected chi connectivity index (χ3v) is 8.81. The number of hydrogen-bond acceptors (Lipinski definition) is 6. The summed E-state index contributed by atoms with van der Waals surface area (Å²) in [7, 11) is -3.59. The van der Waals surface area contributed by atoms with Crippen LogP contribution in [0, 0.1) is 11.6 Å². The molecule has 1 fully saturated rings. The average Bonchev–Trinajstić information content (AvgIpc) is 3.64. The zero-order valence-electron chi connectivity index (χ0n) is 22.4. The predicted molar refractivity (Wildman–Crippen MR) is 152 cm³/mol. The molecule has 1 unspecified atom stereocenters. The van der Waals surface area contributed by atoms with E-state index in [1.165, 1.54) is 53.8 Å². The van der Waals surface area contributed by atoms with Crippen LogP contribution < -0.4 is 15.1 Å². The van der Waals surface area contributed by atoms with Gasteiger partial charge in [-0.3, -0.25) is 9.10 Å². The Labute approximate surface area is 236 Å². The largest absolute Gasteiger partial charge is 0.492 e. The Hall–Kier alpha value is -3.74. The summed E-state index contributed by atoms with van der Waals surface area (Å²) in [5.74, 6) is -0.957. The van der Waals surface area contributed by atoms with Crippen LogP contribution in [0.3, 0.4) is 0 Å². The van der Waals surface area contributed by atoms with Gasteiger partial charge in [0.1, 0.15) is 23.0 Å².